The van der Waals surface area contributed by atoms with Gasteiger partial charge in [0.1, 0.15) is 6.61 Å². The van der Waals surface area contributed by atoms with Gasteiger partial charge in [-0.05, 0) is 54.9 Å². The van der Waals surface area contributed by atoms with Crippen LogP contribution in [0.1, 0.15) is 63.0 Å². The average Bonchev–Trinajstić information content (AvgIpc) is 3.19. The molecule has 2 aromatic rings. The maximum absolute atomic E-state index is 12.7. The first-order chi connectivity index (χ1) is 16.8. The Bertz CT molecular complexity index is 1050. The van der Waals surface area contributed by atoms with E-state index in [2.05, 4.69) is 34.9 Å². The SMILES string of the molecule is CCC(C)(CNC(=O)[C@@H]1CCC[C@@H](NC(=O)OCC2c3ccccc3-c3ccccc32)C1)C(=O)O. The molecule has 3 atom stereocenters. The van der Waals surface area contributed by atoms with Gasteiger partial charge in [0.15, 0.2) is 0 Å². The molecule has 7 nitrogen and oxygen atoms in total. The highest BCUT2D eigenvalue weighted by molar-refractivity contribution is 5.81. The van der Waals surface area contributed by atoms with Gasteiger partial charge in [0.2, 0.25) is 5.91 Å². The van der Waals surface area contributed by atoms with Crippen molar-refractivity contribution in [2.75, 3.05) is 13.2 Å². The fourth-order valence-corrected chi connectivity index (χ4v) is 5.14. The van der Waals surface area contributed by atoms with Crippen LogP contribution in [0.3, 0.4) is 0 Å². The van der Waals surface area contributed by atoms with Crippen LogP contribution in [0, 0.1) is 11.3 Å². The van der Waals surface area contributed by atoms with E-state index in [1.54, 1.807) is 13.8 Å². The molecular weight excluding hydrogens is 444 g/mol. The number of carbonyl (C=O) groups is 3. The standard InChI is InChI=1S/C28H34N2O5/c1-3-28(2,26(32)33)17-29-25(31)18-9-8-10-19(15-18)30-27(34)35-16-24-22-13-6-4-11-20(22)21-12-5-7-14-23(21)24/h4-7,11-14,18-19,24H,3,8-10,15-17H2,1-2H3,(H,29,31)(H,30,34)(H,32,33)/t18-,19-,28?/m1/s1. The highest BCUT2D eigenvalue weighted by atomic mass is 16.5. The zero-order valence-corrected chi connectivity index (χ0v) is 20.4. The quantitative estimate of drug-likeness (QED) is 0.510. The van der Waals surface area contributed by atoms with Gasteiger partial charge in [-0.1, -0.05) is 61.9 Å². The molecule has 3 N–H and O–H groups in total. The van der Waals surface area contributed by atoms with Crippen LogP contribution < -0.4 is 10.6 Å². The van der Waals surface area contributed by atoms with Crippen LogP contribution in [-0.4, -0.2) is 42.3 Å². The topological polar surface area (TPSA) is 105 Å². The molecule has 35 heavy (non-hydrogen) atoms. The number of carboxylic acids is 1. The van der Waals surface area contributed by atoms with Crippen molar-refractivity contribution < 1.29 is 24.2 Å². The van der Waals surface area contributed by atoms with E-state index in [9.17, 15) is 19.5 Å². The third-order valence-electron chi connectivity index (χ3n) is 7.66. The largest absolute Gasteiger partial charge is 0.481 e. The average molecular weight is 479 g/mol. The fraction of sp³-hybridized carbons (Fsp3) is 0.464. The summed E-state index contributed by atoms with van der Waals surface area (Å²) in [6.07, 6.45) is 2.81. The summed E-state index contributed by atoms with van der Waals surface area (Å²) in [5.41, 5.74) is 3.71. The first-order valence-electron chi connectivity index (χ1n) is 12.4. The van der Waals surface area contributed by atoms with Crippen molar-refractivity contribution in [3.63, 3.8) is 0 Å². The predicted octanol–water partition coefficient (Wildman–Crippen LogP) is 4.70. The molecule has 0 saturated heterocycles. The zero-order chi connectivity index (χ0) is 25.0. The summed E-state index contributed by atoms with van der Waals surface area (Å²) < 4.78 is 5.66. The molecule has 0 bridgehead atoms. The van der Waals surface area contributed by atoms with E-state index in [0.29, 0.717) is 12.8 Å². The fourth-order valence-electron chi connectivity index (χ4n) is 5.14. The minimum absolute atomic E-state index is 0.000133. The van der Waals surface area contributed by atoms with Crippen molar-refractivity contribution >= 4 is 18.0 Å². The Hall–Kier alpha value is -3.35. The van der Waals surface area contributed by atoms with Crippen molar-refractivity contribution in [3.05, 3.63) is 59.7 Å². The van der Waals surface area contributed by atoms with Gasteiger partial charge in [-0.15, -0.1) is 0 Å². The van der Waals surface area contributed by atoms with E-state index in [4.69, 9.17) is 4.74 Å². The second kappa shape index (κ2) is 10.5. The number of carboxylic acid groups (broad SMARTS) is 1. The summed E-state index contributed by atoms with van der Waals surface area (Å²) in [4.78, 5) is 36.8. The molecule has 1 unspecified atom stereocenters. The van der Waals surface area contributed by atoms with Crippen molar-refractivity contribution in [1.82, 2.24) is 10.6 Å². The number of amides is 2. The summed E-state index contributed by atoms with van der Waals surface area (Å²) in [6, 6.07) is 16.3. The third kappa shape index (κ3) is 5.34. The second-order valence-electron chi connectivity index (χ2n) is 9.97. The minimum Gasteiger partial charge on any atom is -0.481 e. The number of fused-ring (bicyclic) bond motifs is 3. The van der Waals surface area contributed by atoms with Crippen LogP contribution in [-0.2, 0) is 14.3 Å². The van der Waals surface area contributed by atoms with Crippen LogP contribution in [0.15, 0.2) is 48.5 Å². The second-order valence-corrected chi connectivity index (χ2v) is 9.97. The number of rotatable bonds is 8. The van der Waals surface area contributed by atoms with Gasteiger partial charge in [-0.3, -0.25) is 9.59 Å². The summed E-state index contributed by atoms with van der Waals surface area (Å²) in [6.45, 7) is 3.78. The van der Waals surface area contributed by atoms with Gasteiger partial charge < -0.3 is 20.5 Å². The van der Waals surface area contributed by atoms with Gasteiger partial charge in [0.05, 0.1) is 5.41 Å². The van der Waals surface area contributed by atoms with Crippen LogP contribution in [0.4, 0.5) is 4.79 Å². The first kappa shape index (κ1) is 24.8. The van der Waals surface area contributed by atoms with E-state index < -0.39 is 17.5 Å². The van der Waals surface area contributed by atoms with E-state index in [1.807, 2.05) is 24.3 Å². The number of ether oxygens (including phenoxy) is 1. The minimum atomic E-state index is -0.983. The Morgan fingerprint density at radius 3 is 2.26 bits per heavy atom. The van der Waals surface area contributed by atoms with E-state index in [-0.39, 0.29) is 36.9 Å². The Morgan fingerprint density at radius 1 is 1.03 bits per heavy atom. The molecule has 1 fully saturated rings. The molecular formula is C28H34N2O5. The monoisotopic (exact) mass is 478 g/mol. The molecule has 0 aliphatic heterocycles. The highest BCUT2D eigenvalue weighted by Crippen LogP contribution is 2.44. The van der Waals surface area contributed by atoms with E-state index in [0.717, 1.165) is 30.4 Å². The summed E-state index contributed by atoms with van der Waals surface area (Å²) >= 11 is 0. The lowest BCUT2D eigenvalue weighted by molar-refractivity contribution is -0.148. The molecule has 2 aliphatic rings. The van der Waals surface area contributed by atoms with Gasteiger partial charge in [0, 0.05) is 24.4 Å². The van der Waals surface area contributed by atoms with E-state index in [1.165, 1.54) is 11.1 Å². The smallest absolute Gasteiger partial charge is 0.407 e. The number of nitrogens with one attached hydrogen (secondary N) is 2. The first-order valence-corrected chi connectivity index (χ1v) is 12.4. The lowest BCUT2D eigenvalue weighted by Gasteiger charge is -2.30. The van der Waals surface area contributed by atoms with Gasteiger partial charge in [0.25, 0.3) is 0 Å². The molecule has 4 rings (SSSR count). The molecule has 7 heteroatoms. The molecule has 186 valence electrons. The lowest BCUT2D eigenvalue weighted by Crippen LogP contribution is -2.46. The Balaban J connectivity index is 1.30. The highest BCUT2D eigenvalue weighted by Gasteiger charge is 2.34. The number of hydrogen-bond acceptors (Lipinski definition) is 4. The molecule has 0 radical (unpaired) electrons. The van der Waals surface area contributed by atoms with Crippen LogP contribution >= 0.6 is 0 Å². The number of carbonyl (C=O) groups excluding carboxylic acids is 2. The van der Waals surface area contributed by atoms with Crippen molar-refractivity contribution in [2.45, 2.75) is 57.9 Å². The van der Waals surface area contributed by atoms with Crippen molar-refractivity contribution in [1.29, 1.82) is 0 Å². The van der Waals surface area contributed by atoms with Gasteiger partial charge in [-0.25, -0.2) is 4.79 Å². The predicted molar refractivity (Wildman–Crippen MR) is 133 cm³/mol. The van der Waals surface area contributed by atoms with Crippen molar-refractivity contribution in [3.8, 4) is 11.1 Å². The molecule has 0 spiro atoms. The Kier molecular flexibility index (Phi) is 7.43. The molecule has 2 amide bonds. The molecule has 0 heterocycles. The third-order valence-corrected chi connectivity index (χ3v) is 7.66. The Labute approximate surface area is 206 Å². The number of alkyl carbamates (subject to hydrolysis) is 1. The molecule has 0 aromatic heterocycles. The van der Waals surface area contributed by atoms with Crippen LogP contribution in [0.5, 0.6) is 0 Å². The summed E-state index contributed by atoms with van der Waals surface area (Å²) in [5.74, 6) is -1.32. The molecule has 1 saturated carbocycles. The van der Waals surface area contributed by atoms with E-state index >= 15 is 0 Å². The lowest BCUT2D eigenvalue weighted by atomic mass is 9.84. The summed E-state index contributed by atoms with van der Waals surface area (Å²) in [5, 5.41) is 15.2. The molecule has 2 aliphatic carbocycles. The molecule has 2 aromatic carbocycles. The number of aliphatic carboxylic acids is 1. The van der Waals surface area contributed by atoms with Gasteiger partial charge in [-0.2, -0.15) is 0 Å². The van der Waals surface area contributed by atoms with Crippen LogP contribution in [0.2, 0.25) is 0 Å². The maximum Gasteiger partial charge on any atom is 0.407 e. The van der Waals surface area contributed by atoms with Crippen molar-refractivity contribution in [2.24, 2.45) is 11.3 Å². The van der Waals surface area contributed by atoms with Gasteiger partial charge >= 0.3 is 12.1 Å². The Morgan fingerprint density at radius 2 is 1.66 bits per heavy atom. The van der Waals surface area contributed by atoms with Crippen LogP contribution in [0.25, 0.3) is 11.1 Å². The normalized spacial score (nSPS) is 20.7. The zero-order valence-electron chi connectivity index (χ0n) is 20.4. The number of benzene rings is 2. The maximum atomic E-state index is 12.7. The number of hydrogen-bond donors (Lipinski definition) is 3. The summed E-state index contributed by atoms with van der Waals surface area (Å²) in [7, 11) is 0.